The van der Waals surface area contributed by atoms with E-state index in [1.54, 1.807) is 20.8 Å². The minimum absolute atomic E-state index is 0.0101. The average molecular weight is 236 g/mol. The van der Waals surface area contributed by atoms with Crippen LogP contribution in [-0.2, 0) is 4.74 Å². The minimum Gasteiger partial charge on any atom is -0.444 e. The molecular formula is C10H18F2N2O2. The molecule has 1 aliphatic heterocycles. The molecule has 0 aliphatic carbocycles. The molecule has 1 fully saturated rings. The zero-order valence-corrected chi connectivity index (χ0v) is 9.80. The lowest BCUT2D eigenvalue weighted by Crippen LogP contribution is -2.48. The van der Waals surface area contributed by atoms with Gasteiger partial charge >= 0.3 is 6.09 Å². The Kier molecular flexibility index (Phi) is 3.42. The Morgan fingerprint density at radius 2 is 2.12 bits per heavy atom. The van der Waals surface area contributed by atoms with Crippen molar-refractivity contribution < 1.29 is 18.3 Å². The van der Waals surface area contributed by atoms with Crippen LogP contribution in [0.4, 0.5) is 13.6 Å². The standard InChI is InChI=1S/C10H18F2N2O2/c1-9(2,3)16-8(15)14-5-4-10(11,12)7(14)6-13/h7H,4-6,13H2,1-3H3. The van der Waals surface area contributed by atoms with Crippen molar-refractivity contribution in [3.05, 3.63) is 0 Å². The molecule has 0 radical (unpaired) electrons. The van der Waals surface area contributed by atoms with Crippen molar-refractivity contribution in [1.29, 1.82) is 0 Å². The van der Waals surface area contributed by atoms with E-state index in [-0.39, 0.29) is 19.5 Å². The van der Waals surface area contributed by atoms with Gasteiger partial charge in [0.05, 0.1) is 0 Å². The van der Waals surface area contributed by atoms with Crippen LogP contribution in [0.25, 0.3) is 0 Å². The Morgan fingerprint density at radius 1 is 1.56 bits per heavy atom. The van der Waals surface area contributed by atoms with Gasteiger partial charge in [-0.3, -0.25) is 4.90 Å². The smallest absolute Gasteiger partial charge is 0.410 e. The lowest BCUT2D eigenvalue weighted by atomic mass is 10.1. The van der Waals surface area contributed by atoms with Crippen molar-refractivity contribution in [1.82, 2.24) is 4.90 Å². The molecule has 1 atom stereocenters. The van der Waals surface area contributed by atoms with E-state index in [1.807, 2.05) is 0 Å². The van der Waals surface area contributed by atoms with E-state index < -0.39 is 23.7 Å². The summed E-state index contributed by atoms with van der Waals surface area (Å²) in [5.74, 6) is -2.91. The summed E-state index contributed by atoms with van der Waals surface area (Å²) in [5, 5.41) is 0. The summed E-state index contributed by atoms with van der Waals surface area (Å²) >= 11 is 0. The molecule has 0 aromatic heterocycles. The number of hydrogen-bond acceptors (Lipinski definition) is 3. The molecule has 0 aromatic rings. The number of ether oxygens (including phenoxy) is 1. The van der Waals surface area contributed by atoms with Gasteiger partial charge in [-0.1, -0.05) is 0 Å². The molecule has 1 amide bonds. The second kappa shape index (κ2) is 4.16. The van der Waals surface area contributed by atoms with Crippen molar-refractivity contribution in [2.45, 2.75) is 44.8 Å². The number of hydrogen-bond donors (Lipinski definition) is 1. The van der Waals surface area contributed by atoms with Gasteiger partial charge in [-0.2, -0.15) is 0 Å². The highest BCUT2D eigenvalue weighted by Gasteiger charge is 2.50. The zero-order valence-electron chi connectivity index (χ0n) is 9.80. The Bertz CT molecular complexity index is 276. The Balaban J connectivity index is 2.71. The van der Waals surface area contributed by atoms with E-state index in [4.69, 9.17) is 10.5 Å². The number of rotatable bonds is 1. The molecule has 0 bridgehead atoms. The molecule has 1 aliphatic rings. The van der Waals surface area contributed by atoms with Crippen molar-refractivity contribution in [3.8, 4) is 0 Å². The monoisotopic (exact) mass is 236 g/mol. The number of likely N-dealkylation sites (tertiary alicyclic amines) is 1. The van der Waals surface area contributed by atoms with Gasteiger partial charge in [-0.05, 0) is 20.8 Å². The summed E-state index contributed by atoms with van der Waals surface area (Å²) < 4.78 is 31.7. The summed E-state index contributed by atoms with van der Waals surface area (Å²) in [6.07, 6.45) is -1.08. The molecule has 0 spiro atoms. The molecule has 6 heteroatoms. The van der Waals surface area contributed by atoms with Gasteiger partial charge in [0, 0.05) is 19.5 Å². The van der Waals surface area contributed by atoms with Crippen LogP contribution < -0.4 is 5.73 Å². The van der Waals surface area contributed by atoms with Crippen molar-refractivity contribution >= 4 is 6.09 Å². The first-order chi connectivity index (χ1) is 7.17. The van der Waals surface area contributed by atoms with E-state index in [9.17, 15) is 13.6 Å². The van der Waals surface area contributed by atoms with Crippen LogP contribution in [0.5, 0.6) is 0 Å². The van der Waals surface area contributed by atoms with Gasteiger partial charge in [0.25, 0.3) is 5.92 Å². The molecule has 0 saturated carbocycles. The van der Waals surface area contributed by atoms with Crippen LogP contribution in [-0.4, -0.2) is 41.6 Å². The van der Waals surface area contributed by atoms with Crippen LogP contribution >= 0.6 is 0 Å². The molecule has 1 unspecified atom stereocenters. The predicted octanol–water partition coefficient (Wildman–Crippen LogP) is 1.59. The van der Waals surface area contributed by atoms with E-state index in [0.29, 0.717) is 0 Å². The van der Waals surface area contributed by atoms with Gasteiger partial charge in [0.15, 0.2) is 0 Å². The highest BCUT2D eigenvalue weighted by molar-refractivity contribution is 5.69. The fourth-order valence-corrected chi connectivity index (χ4v) is 1.66. The molecule has 1 rings (SSSR count). The van der Waals surface area contributed by atoms with Gasteiger partial charge in [-0.25, -0.2) is 13.6 Å². The molecule has 1 heterocycles. The Morgan fingerprint density at radius 3 is 2.56 bits per heavy atom. The minimum atomic E-state index is -2.91. The van der Waals surface area contributed by atoms with Crippen LogP contribution in [0.3, 0.4) is 0 Å². The average Bonchev–Trinajstić information content (AvgIpc) is 2.37. The van der Waals surface area contributed by atoms with Gasteiger partial charge < -0.3 is 10.5 Å². The van der Waals surface area contributed by atoms with Gasteiger partial charge in [0.1, 0.15) is 11.6 Å². The first-order valence-corrected chi connectivity index (χ1v) is 5.25. The first-order valence-electron chi connectivity index (χ1n) is 5.25. The highest BCUT2D eigenvalue weighted by Crippen LogP contribution is 2.34. The molecule has 2 N–H and O–H groups in total. The summed E-state index contributed by atoms with van der Waals surface area (Å²) in [6.45, 7) is 4.81. The van der Waals surface area contributed by atoms with E-state index in [1.165, 1.54) is 0 Å². The normalized spacial score (nSPS) is 24.6. The topological polar surface area (TPSA) is 55.6 Å². The molecule has 0 aromatic carbocycles. The first kappa shape index (κ1) is 13.2. The fourth-order valence-electron chi connectivity index (χ4n) is 1.66. The fraction of sp³-hybridized carbons (Fsp3) is 0.900. The van der Waals surface area contributed by atoms with Crippen LogP contribution in [0, 0.1) is 0 Å². The largest absolute Gasteiger partial charge is 0.444 e. The van der Waals surface area contributed by atoms with E-state index in [0.717, 1.165) is 4.90 Å². The second-order valence-electron chi connectivity index (χ2n) is 4.94. The lowest BCUT2D eigenvalue weighted by Gasteiger charge is -2.29. The van der Waals surface area contributed by atoms with Gasteiger partial charge in [-0.15, -0.1) is 0 Å². The number of nitrogens with two attached hydrogens (primary N) is 1. The van der Waals surface area contributed by atoms with Crippen LogP contribution in [0.1, 0.15) is 27.2 Å². The summed E-state index contributed by atoms with van der Waals surface area (Å²) in [6, 6.07) is -1.25. The molecule has 4 nitrogen and oxygen atoms in total. The summed E-state index contributed by atoms with van der Waals surface area (Å²) in [7, 11) is 0. The van der Waals surface area contributed by atoms with E-state index in [2.05, 4.69) is 0 Å². The number of halogens is 2. The van der Waals surface area contributed by atoms with Crippen LogP contribution in [0.2, 0.25) is 0 Å². The predicted molar refractivity (Wildman–Crippen MR) is 55.3 cm³/mol. The molecule has 16 heavy (non-hydrogen) atoms. The SMILES string of the molecule is CC(C)(C)OC(=O)N1CCC(F)(F)C1CN. The Hall–Kier alpha value is -0.910. The molecular weight excluding hydrogens is 218 g/mol. The van der Waals surface area contributed by atoms with Crippen molar-refractivity contribution in [2.24, 2.45) is 5.73 Å². The van der Waals surface area contributed by atoms with E-state index >= 15 is 0 Å². The highest BCUT2D eigenvalue weighted by atomic mass is 19.3. The summed E-state index contributed by atoms with van der Waals surface area (Å²) in [5.41, 5.74) is 4.59. The number of alkyl halides is 2. The number of carbonyl (C=O) groups is 1. The maximum absolute atomic E-state index is 13.3. The third kappa shape index (κ3) is 2.81. The number of nitrogens with zero attached hydrogens (tertiary/aromatic N) is 1. The van der Waals surface area contributed by atoms with Gasteiger partial charge in [0.2, 0.25) is 0 Å². The third-order valence-corrected chi connectivity index (χ3v) is 2.40. The molecule has 94 valence electrons. The third-order valence-electron chi connectivity index (χ3n) is 2.40. The summed E-state index contributed by atoms with van der Waals surface area (Å²) in [4.78, 5) is 12.7. The maximum Gasteiger partial charge on any atom is 0.410 e. The van der Waals surface area contributed by atoms with Crippen LogP contribution in [0.15, 0.2) is 0 Å². The van der Waals surface area contributed by atoms with Crippen molar-refractivity contribution in [3.63, 3.8) is 0 Å². The zero-order chi connectivity index (χ0) is 12.6. The second-order valence-corrected chi connectivity index (χ2v) is 4.94. The lowest BCUT2D eigenvalue weighted by molar-refractivity contribution is -0.0372. The number of amides is 1. The van der Waals surface area contributed by atoms with Crippen molar-refractivity contribution in [2.75, 3.05) is 13.1 Å². The Labute approximate surface area is 93.7 Å². The number of carbonyl (C=O) groups excluding carboxylic acids is 1. The maximum atomic E-state index is 13.3. The molecule has 1 saturated heterocycles. The quantitative estimate of drug-likeness (QED) is 0.752.